The van der Waals surface area contributed by atoms with Crippen molar-refractivity contribution in [1.82, 2.24) is 4.90 Å². The van der Waals surface area contributed by atoms with Crippen LogP contribution in [0.3, 0.4) is 0 Å². The number of nitrogens with two attached hydrogens (primary N) is 1. The fourth-order valence-electron chi connectivity index (χ4n) is 2.13. The van der Waals surface area contributed by atoms with Crippen LogP contribution in [0.5, 0.6) is 0 Å². The highest BCUT2D eigenvalue weighted by atomic mass is 16.2. The first-order valence-electron chi connectivity index (χ1n) is 6.01. The van der Waals surface area contributed by atoms with Gasteiger partial charge < -0.3 is 10.6 Å². The van der Waals surface area contributed by atoms with Crippen LogP contribution in [0.15, 0.2) is 30.3 Å². The Morgan fingerprint density at radius 1 is 1.41 bits per heavy atom. The monoisotopic (exact) mass is 230 g/mol. The molecule has 1 saturated heterocycles. The average Bonchev–Trinajstić information content (AvgIpc) is 2.74. The van der Waals surface area contributed by atoms with E-state index in [2.05, 4.69) is 6.92 Å². The number of carbonyl (C=O) groups excluding carboxylic acids is 1. The molecule has 0 aromatic heterocycles. The summed E-state index contributed by atoms with van der Waals surface area (Å²) in [6.45, 7) is 2.98. The van der Waals surface area contributed by atoms with Crippen LogP contribution in [-0.2, 0) is 4.79 Å². The maximum atomic E-state index is 11.9. The molecule has 17 heavy (non-hydrogen) atoms. The number of carbonyl (C=O) groups is 1. The number of nitrogen functional groups attached to an aromatic ring is 1. The Hall–Kier alpha value is -1.77. The minimum Gasteiger partial charge on any atom is -0.399 e. The molecule has 1 atom stereocenters. The second kappa shape index (κ2) is 5.04. The molecule has 1 aromatic rings. The summed E-state index contributed by atoms with van der Waals surface area (Å²) in [4.78, 5) is 13.8. The van der Waals surface area contributed by atoms with Crippen LogP contribution in [0.4, 0.5) is 5.69 Å². The van der Waals surface area contributed by atoms with E-state index in [1.165, 1.54) is 0 Å². The maximum absolute atomic E-state index is 11.9. The molecule has 0 saturated carbocycles. The van der Waals surface area contributed by atoms with Crippen molar-refractivity contribution in [2.75, 3.05) is 12.3 Å². The zero-order valence-corrected chi connectivity index (χ0v) is 10.1. The fraction of sp³-hybridized carbons (Fsp3) is 0.357. The Bertz CT molecular complexity index is 422. The Labute approximate surface area is 102 Å². The first-order valence-corrected chi connectivity index (χ1v) is 6.01. The summed E-state index contributed by atoms with van der Waals surface area (Å²) < 4.78 is 0. The third kappa shape index (κ3) is 2.87. The number of hydrogen-bond acceptors (Lipinski definition) is 2. The Morgan fingerprint density at radius 2 is 2.12 bits per heavy atom. The zero-order chi connectivity index (χ0) is 12.3. The molecule has 0 spiro atoms. The number of amides is 1. The molecule has 1 fully saturated rings. The van der Waals surface area contributed by atoms with Gasteiger partial charge in [-0.05, 0) is 43.5 Å². The molecule has 0 aliphatic carbocycles. The third-order valence-electron chi connectivity index (χ3n) is 3.19. The first-order chi connectivity index (χ1) is 8.16. The van der Waals surface area contributed by atoms with Crippen molar-refractivity contribution in [3.05, 3.63) is 35.9 Å². The smallest absolute Gasteiger partial charge is 0.246 e. The molecule has 0 bridgehead atoms. The topological polar surface area (TPSA) is 46.3 Å². The summed E-state index contributed by atoms with van der Waals surface area (Å²) in [6.07, 6.45) is 5.71. The van der Waals surface area contributed by atoms with Crippen LogP contribution < -0.4 is 5.73 Å². The molecule has 1 aliphatic rings. The van der Waals surface area contributed by atoms with Gasteiger partial charge in [0.25, 0.3) is 0 Å². The van der Waals surface area contributed by atoms with Crippen molar-refractivity contribution in [2.45, 2.75) is 25.8 Å². The van der Waals surface area contributed by atoms with E-state index in [-0.39, 0.29) is 5.91 Å². The standard InChI is InChI=1S/C14H18N2O/c1-11-3-2-10-16(11)14(17)9-6-12-4-7-13(15)8-5-12/h4-9,11H,2-3,10,15H2,1H3/b9-6+. The van der Waals surface area contributed by atoms with Gasteiger partial charge in [-0.15, -0.1) is 0 Å². The van der Waals surface area contributed by atoms with E-state index >= 15 is 0 Å². The molecule has 3 nitrogen and oxygen atoms in total. The number of benzene rings is 1. The Balaban J connectivity index is 2.00. The molecular weight excluding hydrogens is 212 g/mol. The van der Waals surface area contributed by atoms with Gasteiger partial charge in [0.05, 0.1) is 0 Å². The second-order valence-corrected chi connectivity index (χ2v) is 4.52. The number of nitrogens with zero attached hydrogens (tertiary/aromatic N) is 1. The van der Waals surface area contributed by atoms with Crippen molar-refractivity contribution < 1.29 is 4.79 Å². The van der Waals surface area contributed by atoms with Crippen LogP contribution in [0.2, 0.25) is 0 Å². The molecule has 90 valence electrons. The molecule has 0 radical (unpaired) electrons. The predicted molar refractivity (Wildman–Crippen MR) is 70.3 cm³/mol. The predicted octanol–water partition coefficient (Wildman–Crippen LogP) is 2.29. The van der Waals surface area contributed by atoms with E-state index in [0.717, 1.165) is 30.6 Å². The van der Waals surface area contributed by atoms with Crippen molar-refractivity contribution in [1.29, 1.82) is 0 Å². The highest BCUT2D eigenvalue weighted by Gasteiger charge is 2.22. The van der Waals surface area contributed by atoms with Crippen molar-refractivity contribution >= 4 is 17.7 Å². The number of rotatable bonds is 2. The average molecular weight is 230 g/mol. The highest BCUT2D eigenvalue weighted by Crippen LogP contribution is 2.17. The maximum Gasteiger partial charge on any atom is 0.246 e. The first kappa shape index (κ1) is 11.7. The molecule has 1 heterocycles. The zero-order valence-electron chi connectivity index (χ0n) is 10.1. The molecule has 1 unspecified atom stereocenters. The van der Waals surface area contributed by atoms with E-state index in [1.807, 2.05) is 35.2 Å². The summed E-state index contributed by atoms with van der Waals surface area (Å²) in [7, 11) is 0. The van der Waals surface area contributed by atoms with Crippen molar-refractivity contribution in [3.63, 3.8) is 0 Å². The SMILES string of the molecule is CC1CCCN1C(=O)/C=C/c1ccc(N)cc1. The summed E-state index contributed by atoms with van der Waals surface area (Å²) in [5.74, 6) is 0.104. The van der Waals surface area contributed by atoms with E-state index in [9.17, 15) is 4.79 Å². The van der Waals surface area contributed by atoms with Gasteiger partial charge in [-0.25, -0.2) is 0 Å². The van der Waals surface area contributed by atoms with Gasteiger partial charge in [-0.3, -0.25) is 4.79 Å². The Morgan fingerprint density at radius 3 is 2.71 bits per heavy atom. The molecule has 3 heteroatoms. The molecular formula is C14H18N2O. The fourth-order valence-corrected chi connectivity index (χ4v) is 2.13. The molecule has 1 amide bonds. The molecule has 1 aliphatic heterocycles. The lowest BCUT2D eigenvalue weighted by Gasteiger charge is -2.19. The minimum atomic E-state index is 0.104. The van der Waals surface area contributed by atoms with Gasteiger partial charge in [-0.2, -0.15) is 0 Å². The molecule has 2 rings (SSSR count). The molecule has 2 N–H and O–H groups in total. The summed E-state index contributed by atoms with van der Waals surface area (Å²) in [5, 5.41) is 0. The van der Waals surface area contributed by atoms with Crippen LogP contribution in [0, 0.1) is 0 Å². The highest BCUT2D eigenvalue weighted by molar-refractivity contribution is 5.92. The van der Waals surface area contributed by atoms with Crippen LogP contribution in [0.25, 0.3) is 6.08 Å². The van der Waals surface area contributed by atoms with Gasteiger partial charge in [-0.1, -0.05) is 12.1 Å². The normalized spacial score (nSPS) is 20.1. The van der Waals surface area contributed by atoms with E-state index in [0.29, 0.717) is 6.04 Å². The summed E-state index contributed by atoms with van der Waals surface area (Å²) in [6, 6.07) is 7.86. The van der Waals surface area contributed by atoms with Crippen molar-refractivity contribution in [3.8, 4) is 0 Å². The molecule has 1 aromatic carbocycles. The van der Waals surface area contributed by atoms with Crippen LogP contribution >= 0.6 is 0 Å². The van der Waals surface area contributed by atoms with Gasteiger partial charge in [0.15, 0.2) is 0 Å². The lowest BCUT2D eigenvalue weighted by atomic mass is 10.2. The number of anilines is 1. The lowest BCUT2D eigenvalue weighted by Crippen LogP contribution is -2.32. The van der Waals surface area contributed by atoms with Gasteiger partial charge >= 0.3 is 0 Å². The second-order valence-electron chi connectivity index (χ2n) is 4.52. The van der Waals surface area contributed by atoms with E-state index in [4.69, 9.17) is 5.73 Å². The summed E-state index contributed by atoms with van der Waals surface area (Å²) >= 11 is 0. The lowest BCUT2D eigenvalue weighted by molar-refractivity contribution is -0.126. The van der Waals surface area contributed by atoms with Gasteiger partial charge in [0.1, 0.15) is 0 Å². The van der Waals surface area contributed by atoms with Crippen molar-refractivity contribution in [2.24, 2.45) is 0 Å². The van der Waals surface area contributed by atoms with Crippen LogP contribution in [-0.4, -0.2) is 23.4 Å². The van der Waals surface area contributed by atoms with Gasteiger partial charge in [0, 0.05) is 24.4 Å². The third-order valence-corrected chi connectivity index (χ3v) is 3.19. The number of likely N-dealkylation sites (tertiary alicyclic amines) is 1. The van der Waals surface area contributed by atoms with E-state index in [1.54, 1.807) is 6.08 Å². The Kier molecular flexibility index (Phi) is 3.47. The number of hydrogen-bond donors (Lipinski definition) is 1. The van der Waals surface area contributed by atoms with Crippen LogP contribution in [0.1, 0.15) is 25.3 Å². The van der Waals surface area contributed by atoms with E-state index < -0.39 is 0 Å². The largest absolute Gasteiger partial charge is 0.399 e. The minimum absolute atomic E-state index is 0.104. The summed E-state index contributed by atoms with van der Waals surface area (Å²) in [5.41, 5.74) is 7.34. The quantitative estimate of drug-likeness (QED) is 0.626. The van der Waals surface area contributed by atoms with Gasteiger partial charge in [0.2, 0.25) is 5.91 Å².